The molecule has 2 amide bonds. The summed E-state index contributed by atoms with van der Waals surface area (Å²) in [5.74, 6) is 0.273. The smallest absolute Gasteiger partial charge is 0.229 e. The molecule has 2 unspecified atom stereocenters. The first-order valence-corrected chi connectivity index (χ1v) is 7.69. The Morgan fingerprint density at radius 1 is 1.22 bits per heavy atom. The molecule has 120 valence electrons. The monoisotopic (exact) mass is 313 g/mol. The second-order valence-electron chi connectivity index (χ2n) is 5.79. The number of carbonyl (C=O) groups is 2. The summed E-state index contributed by atoms with van der Waals surface area (Å²) in [7, 11) is 0. The van der Waals surface area contributed by atoms with Crippen molar-refractivity contribution in [2.24, 2.45) is 11.8 Å². The van der Waals surface area contributed by atoms with Gasteiger partial charge in [-0.3, -0.25) is 9.59 Å². The minimum atomic E-state index is -0.274. The summed E-state index contributed by atoms with van der Waals surface area (Å²) in [5.41, 5.74) is 1.18. The lowest BCUT2D eigenvalue weighted by molar-refractivity contribution is -0.125. The molecule has 1 heterocycles. The van der Waals surface area contributed by atoms with E-state index in [9.17, 15) is 9.59 Å². The fourth-order valence-corrected chi connectivity index (χ4v) is 2.52. The largest absolute Gasteiger partial charge is 0.360 e. The van der Waals surface area contributed by atoms with Gasteiger partial charge in [-0.05, 0) is 25.3 Å². The number of rotatable bonds is 6. The van der Waals surface area contributed by atoms with Crippen LogP contribution in [0.4, 0.5) is 5.82 Å². The zero-order valence-electron chi connectivity index (χ0n) is 12.9. The fourth-order valence-electron chi connectivity index (χ4n) is 2.52. The van der Waals surface area contributed by atoms with E-state index in [1.165, 1.54) is 5.56 Å². The minimum absolute atomic E-state index is 0.0579. The molecule has 6 nitrogen and oxygen atoms in total. The SMILES string of the molecule is Cc1cc(NC(=O)C2CC2C(=O)NCCc2ccccc2)no1. The number of aryl methyl sites for hydroxylation is 1. The first kappa shape index (κ1) is 15.3. The van der Waals surface area contributed by atoms with E-state index in [1.807, 2.05) is 30.3 Å². The molecule has 0 spiro atoms. The summed E-state index contributed by atoms with van der Waals surface area (Å²) >= 11 is 0. The van der Waals surface area contributed by atoms with E-state index in [0.717, 1.165) is 6.42 Å². The number of amides is 2. The van der Waals surface area contributed by atoms with Crippen LogP contribution in [0.2, 0.25) is 0 Å². The Labute approximate surface area is 134 Å². The molecule has 23 heavy (non-hydrogen) atoms. The van der Waals surface area contributed by atoms with Crippen LogP contribution in [0.5, 0.6) is 0 Å². The second kappa shape index (κ2) is 6.64. The molecule has 0 aliphatic heterocycles. The average molecular weight is 313 g/mol. The van der Waals surface area contributed by atoms with Gasteiger partial charge in [0.1, 0.15) is 5.76 Å². The Hall–Kier alpha value is -2.63. The molecule has 1 fully saturated rings. The predicted molar refractivity (Wildman–Crippen MR) is 84.6 cm³/mol. The van der Waals surface area contributed by atoms with Gasteiger partial charge in [-0.15, -0.1) is 0 Å². The van der Waals surface area contributed by atoms with E-state index < -0.39 is 0 Å². The van der Waals surface area contributed by atoms with Crippen molar-refractivity contribution >= 4 is 17.6 Å². The van der Waals surface area contributed by atoms with Crippen molar-refractivity contribution in [3.8, 4) is 0 Å². The van der Waals surface area contributed by atoms with Crippen LogP contribution in [0.1, 0.15) is 17.7 Å². The molecule has 0 saturated heterocycles. The van der Waals surface area contributed by atoms with Crippen LogP contribution in [0, 0.1) is 18.8 Å². The first-order chi connectivity index (χ1) is 11.1. The third kappa shape index (κ3) is 3.97. The maximum Gasteiger partial charge on any atom is 0.229 e. The van der Waals surface area contributed by atoms with Crippen LogP contribution >= 0.6 is 0 Å². The molecule has 2 aromatic rings. The minimum Gasteiger partial charge on any atom is -0.360 e. The van der Waals surface area contributed by atoms with Crippen LogP contribution in [-0.4, -0.2) is 23.5 Å². The lowest BCUT2D eigenvalue weighted by Crippen LogP contribution is -2.29. The van der Waals surface area contributed by atoms with Crippen LogP contribution in [0.3, 0.4) is 0 Å². The molecular formula is C17H19N3O3. The number of carbonyl (C=O) groups excluding carboxylic acids is 2. The molecule has 2 N–H and O–H groups in total. The van der Waals surface area contributed by atoms with Gasteiger partial charge in [-0.2, -0.15) is 0 Å². The Balaban J connectivity index is 1.41. The summed E-state index contributed by atoms with van der Waals surface area (Å²) in [6.07, 6.45) is 1.37. The van der Waals surface area contributed by atoms with Gasteiger partial charge < -0.3 is 15.2 Å². The molecule has 0 bridgehead atoms. The Kier molecular flexibility index (Phi) is 4.41. The molecule has 2 atom stereocenters. The maximum atomic E-state index is 12.0. The predicted octanol–water partition coefficient (Wildman–Crippen LogP) is 1.92. The van der Waals surface area contributed by atoms with Crippen molar-refractivity contribution in [1.82, 2.24) is 10.5 Å². The van der Waals surface area contributed by atoms with E-state index in [2.05, 4.69) is 15.8 Å². The standard InChI is InChI=1S/C17H19N3O3/c1-11-9-15(20-23-11)19-17(22)14-10-13(14)16(21)18-8-7-12-5-3-2-4-6-12/h2-6,9,13-14H,7-8,10H2,1H3,(H,18,21)(H,19,20,22). The summed E-state index contributed by atoms with van der Waals surface area (Å²) in [4.78, 5) is 24.1. The number of aromatic nitrogens is 1. The molecule has 1 aromatic carbocycles. The molecule has 1 aromatic heterocycles. The highest BCUT2D eigenvalue weighted by atomic mass is 16.5. The highest BCUT2D eigenvalue weighted by Crippen LogP contribution is 2.39. The van der Waals surface area contributed by atoms with E-state index in [-0.39, 0.29) is 23.7 Å². The lowest BCUT2D eigenvalue weighted by atomic mass is 10.1. The van der Waals surface area contributed by atoms with Gasteiger partial charge in [-0.25, -0.2) is 0 Å². The molecule has 1 saturated carbocycles. The number of anilines is 1. The summed E-state index contributed by atoms with van der Waals surface area (Å²) in [6.45, 7) is 2.33. The van der Waals surface area contributed by atoms with E-state index in [1.54, 1.807) is 13.0 Å². The first-order valence-electron chi connectivity index (χ1n) is 7.69. The quantitative estimate of drug-likeness (QED) is 0.853. The van der Waals surface area contributed by atoms with Crippen LogP contribution < -0.4 is 10.6 Å². The average Bonchev–Trinajstić information content (AvgIpc) is 3.26. The highest BCUT2D eigenvalue weighted by Gasteiger charge is 2.48. The van der Waals surface area contributed by atoms with Gasteiger partial charge >= 0.3 is 0 Å². The van der Waals surface area contributed by atoms with E-state index in [4.69, 9.17) is 4.52 Å². The van der Waals surface area contributed by atoms with Crippen molar-refractivity contribution in [3.05, 3.63) is 47.7 Å². The molecule has 0 radical (unpaired) electrons. The molecule has 1 aliphatic carbocycles. The number of hydrogen-bond donors (Lipinski definition) is 2. The van der Waals surface area contributed by atoms with Crippen LogP contribution in [0.25, 0.3) is 0 Å². The normalized spacial score (nSPS) is 19.2. The Bertz CT molecular complexity index is 696. The third-order valence-electron chi connectivity index (χ3n) is 3.90. The van der Waals surface area contributed by atoms with Crippen LogP contribution in [0.15, 0.2) is 40.9 Å². The van der Waals surface area contributed by atoms with Crippen molar-refractivity contribution in [3.63, 3.8) is 0 Å². The van der Waals surface area contributed by atoms with Gasteiger partial charge in [0.05, 0.1) is 11.8 Å². The molecular weight excluding hydrogens is 294 g/mol. The van der Waals surface area contributed by atoms with Gasteiger partial charge in [0, 0.05) is 12.6 Å². The Morgan fingerprint density at radius 3 is 2.65 bits per heavy atom. The number of nitrogens with one attached hydrogen (secondary N) is 2. The van der Waals surface area contributed by atoms with Crippen molar-refractivity contribution in [1.29, 1.82) is 0 Å². The van der Waals surface area contributed by atoms with Crippen LogP contribution in [-0.2, 0) is 16.0 Å². The summed E-state index contributed by atoms with van der Waals surface area (Å²) < 4.78 is 4.89. The van der Waals surface area contributed by atoms with E-state index in [0.29, 0.717) is 24.5 Å². The van der Waals surface area contributed by atoms with Gasteiger partial charge in [-0.1, -0.05) is 35.5 Å². The van der Waals surface area contributed by atoms with Crippen molar-refractivity contribution in [2.45, 2.75) is 19.8 Å². The van der Waals surface area contributed by atoms with Crippen molar-refractivity contribution in [2.75, 3.05) is 11.9 Å². The zero-order valence-corrected chi connectivity index (χ0v) is 12.9. The zero-order chi connectivity index (χ0) is 16.2. The fraction of sp³-hybridized carbons (Fsp3) is 0.353. The van der Waals surface area contributed by atoms with Crippen molar-refractivity contribution < 1.29 is 14.1 Å². The molecule has 6 heteroatoms. The molecule has 1 aliphatic rings. The number of hydrogen-bond acceptors (Lipinski definition) is 4. The topological polar surface area (TPSA) is 84.2 Å². The molecule has 3 rings (SSSR count). The second-order valence-corrected chi connectivity index (χ2v) is 5.79. The van der Waals surface area contributed by atoms with Gasteiger partial charge in [0.2, 0.25) is 11.8 Å². The third-order valence-corrected chi connectivity index (χ3v) is 3.90. The van der Waals surface area contributed by atoms with Gasteiger partial charge in [0.25, 0.3) is 0 Å². The summed E-state index contributed by atoms with van der Waals surface area (Å²) in [5, 5.41) is 9.27. The lowest BCUT2D eigenvalue weighted by Gasteiger charge is -2.05. The highest BCUT2D eigenvalue weighted by molar-refractivity contribution is 5.99. The van der Waals surface area contributed by atoms with Gasteiger partial charge in [0.15, 0.2) is 5.82 Å². The summed E-state index contributed by atoms with van der Waals surface area (Å²) in [6, 6.07) is 11.6. The Morgan fingerprint density at radius 2 is 1.96 bits per heavy atom. The maximum absolute atomic E-state index is 12.0. The number of nitrogens with zero attached hydrogens (tertiary/aromatic N) is 1. The van der Waals surface area contributed by atoms with E-state index >= 15 is 0 Å². The number of benzene rings is 1.